The van der Waals surface area contributed by atoms with Crippen LogP contribution >= 0.6 is 11.8 Å². The van der Waals surface area contributed by atoms with Crippen LogP contribution in [-0.2, 0) is 13.0 Å². The van der Waals surface area contributed by atoms with Gasteiger partial charge in [-0.1, -0.05) is 63.4 Å². The maximum atomic E-state index is 5.87. The molecule has 0 saturated heterocycles. The number of benzene rings is 1. The van der Waals surface area contributed by atoms with Crippen molar-refractivity contribution in [1.82, 2.24) is 19.7 Å². The minimum atomic E-state index is 0.575. The van der Waals surface area contributed by atoms with E-state index in [9.17, 15) is 0 Å². The first kappa shape index (κ1) is 18.0. The number of nitrogens with zero attached hydrogens (tertiary/aromatic N) is 4. The van der Waals surface area contributed by atoms with Crippen molar-refractivity contribution >= 4 is 22.8 Å². The van der Waals surface area contributed by atoms with Crippen LogP contribution < -0.4 is 0 Å². The Bertz CT molecular complexity index is 796. The lowest BCUT2D eigenvalue weighted by Crippen LogP contribution is -2.02. The minimum absolute atomic E-state index is 0.575. The zero-order valence-corrected chi connectivity index (χ0v) is 15.9. The van der Waals surface area contributed by atoms with Gasteiger partial charge in [-0.3, -0.25) is 0 Å². The number of aryl methyl sites for hydroxylation is 1. The van der Waals surface area contributed by atoms with Crippen molar-refractivity contribution in [1.29, 1.82) is 0 Å². The summed E-state index contributed by atoms with van der Waals surface area (Å²) in [6.45, 7) is 4.94. The van der Waals surface area contributed by atoms with Gasteiger partial charge in [-0.15, -0.1) is 10.2 Å². The van der Waals surface area contributed by atoms with Crippen molar-refractivity contribution in [2.75, 3.05) is 5.75 Å². The number of para-hydroxylation sites is 2. The number of hydrogen-bond donors (Lipinski definition) is 0. The normalized spacial score (nSPS) is 11.4. The van der Waals surface area contributed by atoms with Crippen molar-refractivity contribution in [2.24, 2.45) is 0 Å². The molecule has 0 radical (unpaired) electrons. The molecular weight excluding hydrogens is 332 g/mol. The standard InChI is InChI=1S/C19H26N4OS/c1-3-5-6-7-8-13-17-21-22-18(24-17)14-23-16-12-10-9-11-15(16)20-19(23)25-4-2/h9-12H,3-8,13-14H2,1-2H3. The quantitative estimate of drug-likeness (QED) is 0.373. The fraction of sp³-hybridized carbons (Fsp3) is 0.526. The fourth-order valence-electron chi connectivity index (χ4n) is 2.91. The second kappa shape index (κ2) is 9.04. The van der Waals surface area contributed by atoms with E-state index in [-0.39, 0.29) is 0 Å². The van der Waals surface area contributed by atoms with Crippen molar-refractivity contribution in [3.63, 3.8) is 0 Å². The summed E-state index contributed by atoms with van der Waals surface area (Å²) in [5.74, 6) is 2.39. The molecule has 2 aromatic heterocycles. The molecular formula is C19H26N4OS. The van der Waals surface area contributed by atoms with E-state index in [0.29, 0.717) is 12.4 Å². The van der Waals surface area contributed by atoms with Crippen LogP contribution in [0.4, 0.5) is 0 Å². The molecule has 0 N–H and O–H groups in total. The molecule has 0 unspecified atom stereocenters. The first-order chi connectivity index (χ1) is 12.3. The lowest BCUT2D eigenvalue weighted by molar-refractivity contribution is 0.427. The number of unbranched alkanes of at least 4 members (excludes halogenated alkanes) is 4. The number of rotatable bonds is 10. The van der Waals surface area contributed by atoms with Crippen LogP contribution in [0, 0.1) is 0 Å². The predicted octanol–water partition coefficient (Wildman–Crippen LogP) is 5.09. The van der Waals surface area contributed by atoms with Crippen LogP contribution in [0.15, 0.2) is 33.8 Å². The van der Waals surface area contributed by atoms with Gasteiger partial charge >= 0.3 is 0 Å². The molecule has 134 valence electrons. The second-order valence-corrected chi connectivity index (χ2v) is 7.39. The van der Waals surface area contributed by atoms with E-state index in [4.69, 9.17) is 9.40 Å². The third-order valence-corrected chi connectivity index (χ3v) is 5.05. The largest absolute Gasteiger partial charge is 0.423 e. The molecule has 1 aromatic carbocycles. The first-order valence-electron chi connectivity index (χ1n) is 9.21. The molecule has 0 saturated carbocycles. The highest BCUT2D eigenvalue weighted by Gasteiger charge is 2.14. The summed E-state index contributed by atoms with van der Waals surface area (Å²) in [5.41, 5.74) is 2.12. The summed E-state index contributed by atoms with van der Waals surface area (Å²) < 4.78 is 8.03. The average Bonchev–Trinajstić information content (AvgIpc) is 3.21. The molecule has 2 heterocycles. The molecule has 0 aliphatic carbocycles. The van der Waals surface area contributed by atoms with Gasteiger partial charge in [0, 0.05) is 6.42 Å². The maximum absolute atomic E-state index is 5.87. The third kappa shape index (κ3) is 4.63. The summed E-state index contributed by atoms with van der Waals surface area (Å²) in [6, 6.07) is 8.19. The lowest BCUT2D eigenvalue weighted by Gasteiger charge is -2.05. The molecule has 3 aromatic rings. The molecule has 0 aliphatic rings. The van der Waals surface area contributed by atoms with Crippen LogP contribution in [0.3, 0.4) is 0 Å². The maximum Gasteiger partial charge on any atom is 0.236 e. The Balaban J connectivity index is 1.68. The molecule has 25 heavy (non-hydrogen) atoms. The summed E-state index contributed by atoms with van der Waals surface area (Å²) in [5, 5.41) is 9.46. The van der Waals surface area contributed by atoms with E-state index >= 15 is 0 Å². The molecule has 5 nitrogen and oxygen atoms in total. The van der Waals surface area contributed by atoms with Crippen LogP contribution in [-0.4, -0.2) is 25.5 Å². The highest BCUT2D eigenvalue weighted by atomic mass is 32.2. The number of thioether (sulfide) groups is 1. The van der Waals surface area contributed by atoms with Gasteiger partial charge < -0.3 is 8.98 Å². The summed E-state index contributed by atoms with van der Waals surface area (Å²) in [7, 11) is 0. The van der Waals surface area contributed by atoms with Crippen LogP contribution in [0.1, 0.15) is 57.7 Å². The van der Waals surface area contributed by atoms with Crippen molar-refractivity contribution < 1.29 is 4.42 Å². The van der Waals surface area contributed by atoms with Gasteiger partial charge in [0.05, 0.1) is 11.0 Å². The zero-order valence-electron chi connectivity index (χ0n) is 15.1. The van der Waals surface area contributed by atoms with E-state index < -0.39 is 0 Å². The van der Waals surface area contributed by atoms with Crippen LogP contribution in [0.5, 0.6) is 0 Å². The first-order valence-corrected chi connectivity index (χ1v) is 10.2. The second-order valence-electron chi connectivity index (χ2n) is 6.16. The van der Waals surface area contributed by atoms with Crippen molar-refractivity contribution in [3.05, 3.63) is 36.0 Å². The molecule has 0 atom stereocenters. The van der Waals surface area contributed by atoms with Gasteiger partial charge in [-0.05, 0) is 24.3 Å². The monoisotopic (exact) mass is 358 g/mol. The molecule has 0 fully saturated rings. The van der Waals surface area contributed by atoms with Gasteiger partial charge in [0.25, 0.3) is 0 Å². The van der Waals surface area contributed by atoms with E-state index in [1.807, 2.05) is 18.2 Å². The SMILES string of the molecule is CCCCCCCc1nnc(Cn2c(SCC)nc3ccccc32)o1. The number of aromatic nitrogens is 4. The highest BCUT2D eigenvalue weighted by molar-refractivity contribution is 7.99. The van der Waals surface area contributed by atoms with E-state index in [0.717, 1.165) is 40.7 Å². The summed E-state index contributed by atoms with van der Waals surface area (Å²) in [4.78, 5) is 4.72. The third-order valence-electron chi connectivity index (χ3n) is 4.19. The van der Waals surface area contributed by atoms with Gasteiger partial charge in [0.1, 0.15) is 6.54 Å². The minimum Gasteiger partial charge on any atom is -0.423 e. The van der Waals surface area contributed by atoms with Gasteiger partial charge in [-0.25, -0.2) is 4.98 Å². The highest BCUT2D eigenvalue weighted by Crippen LogP contribution is 2.24. The fourth-order valence-corrected chi connectivity index (χ4v) is 3.65. The topological polar surface area (TPSA) is 56.7 Å². The smallest absolute Gasteiger partial charge is 0.236 e. The number of hydrogen-bond acceptors (Lipinski definition) is 5. The molecule has 0 amide bonds. The van der Waals surface area contributed by atoms with Crippen molar-refractivity contribution in [2.45, 2.75) is 64.1 Å². The Hall–Kier alpha value is -1.82. The Morgan fingerprint density at radius 3 is 2.64 bits per heavy atom. The van der Waals surface area contributed by atoms with E-state index in [2.05, 4.69) is 34.7 Å². The number of imidazole rings is 1. The average molecular weight is 359 g/mol. The summed E-state index contributed by atoms with van der Waals surface area (Å²) in [6.07, 6.45) is 7.08. The molecule has 6 heteroatoms. The zero-order chi connectivity index (χ0) is 17.5. The molecule has 0 bridgehead atoms. The van der Waals surface area contributed by atoms with Crippen LogP contribution in [0.2, 0.25) is 0 Å². The van der Waals surface area contributed by atoms with Gasteiger partial charge in [0.15, 0.2) is 5.16 Å². The Kier molecular flexibility index (Phi) is 6.50. The van der Waals surface area contributed by atoms with Crippen molar-refractivity contribution in [3.8, 4) is 0 Å². The molecule has 0 aliphatic heterocycles. The van der Waals surface area contributed by atoms with E-state index in [1.165, 1.54) is 25.7 Å². The molecule has 0 spiro atoms. The van der Waals surface area contributed by atoms with Gasteiger partial charge in [-0.2, -0.15) is 0 Å². The Morgan fingerprint density at radius 1 is 1.00 bits per heavy atom. The predicted molar refractivity (Wildman–Crippen MR) is 102 cm³/mol. The number of fused-ring (bicyclic) bond motifs is 1. The molecule has 3 rings (SSSR count). The van der Waals surface area contributed by atoms with E-state index in [1.54, 1.807) is 11.8 Å². The summed E-state index contributed by atoms with van der Waals surface area (Å²) >= 11 is 1.74. The Morgan fingerprint density at radius 2 is 1.80 bits per heavy atom. The van der Waals surface area contributed by atoms with Gasteiger partial charge in [0.2, 0.25) is 11.8 Å². The Labute approximate surface area is 153 Å². The lowest BCUT2D eigenvalue weighted by atomic mass is 10.1. The van der Waals surface area contributed by atoms with Crippen LogP contribution in [0.25, 0.3) is 11.0 Å².